The van der Waals surface area contributed by atoms with Gasteiger partial charge in [-0.25, -0.2) is 8.42 Å². The maximum absolute atomic E-state index is 13.0. The molecule has 0 aliphatic carbocycles. The molecule has 0 saturated heterocycles. The van der Waals surface area contributed by atoms with E-state index in [1.165, 1.54) is 4.31 Å². The molecule has 3 rings (SSSR count). The number of carbonyl (C=O) groups is 1. The lowest BCUT2D eigenvalue weighted by Gasteiger charge is -2.26. The zero-order valence-electron chi connectivity index (χ0n) is 15.0. The van der Waals surface area contributed by atoms with Crippen molar-refractivity contribution in [1.29, 1.82) is 0 Å². The first-order chi connectivity index (χ1) is 12.6. The Kier molecular flexibility index (Phi) is 5.96. The Balaban J connectivity index is 1.82. The summed E-state index contributed by atoms with van der Waals surface area (Å²) in [6.07, 6.45) is 1.87. The fourth-order valence-corrected chi connectivity index (χ4v) is 4.55. The summed E-state index contributed by atoms with van der Waals surface area (Å²) in [4.78, 5) is 14.7. The van der Waals surface area contributed by atoms with Gasteiger partial charge in [0.1, 0.15) is 0 Å². The molecule has 2 aromatic rings. The van der Waals surface area contributed by atoms with E-state index >= 15 is 0 Å². The third kappa shape index (κ3) is 4.71. The average Bonchev–Trinajstić information content (AvgIpc) is 2.90. The van der Waals surface area contributed by atoms with Crippen LogP contribution in [0.15, 0.2) is 46.9 Å². The Bertz CT molecular complexity index is 963. The van der Waals surface area contributed by atoms with E-state index in [2.05, 4.69) is 15.9 Å². The van der Waals surface area contributed by atoms with E-state index in [0.29, 0.717) is 5.02 Å². The Labute approximate surface area is 173 Å². The summed E-state index contributed by atoms with van der Waals surface area (Å²) in [6, 6.07) is 12.7. The van der Waals surface area contributed by atoms with E-state index in [9.17, 15) is 13.2 Å². The van der Waals surface area contributed by atoms with Gasteiger partial charge in [-0.1, -0.05) is 39.7 Å². The molecule has 0 radical (unpaired) electrons. The molecule has 0 aromatic heterocycles. The number of carbonyl (C=O) groups excluding carboxylic acids is 1. The number of halogens is 2. The summed E-state index contributed by atoms with van der Waals surface area (Å²) in [7, 11) is -3.55. The minimum Gasteiger partial charge on any atom is -0.308 e. The van der Waals surface area contributed by atoms with E-state index in [4.69, 9.17) is 11.6 Å². The van der Waals surface area contributed by atoms with Crippen molar-refractivity contribution in [3.05, 3.63) is 63.1 Å². The summed E-state index contributed by atoms with van der Waals surface area (Å²) in [5, 5.41) is 0.578. The van der Waals surface area contributed by atoms with Crippen molar-refractivity contribution in [3.63, 3.8) is 0 Å². The Hall–Kier alpha value is -1.41. The first-order valence-corrected chi connectivity index (χ1v) is 11.5. The predicted molar refractivity (Wildman–Crippen MR) is 111 cm³/mol. The van der Waals surface area contributed by atoms with Gasteiger partial charge in [0.25, 0.3) is 0 Å². The molecule has 0 unspecified atom stereocenters. The second-order valence-corrected chi connectivity index (χ2v) is 10.1. The highest BCUT2D eigenvalue weighted by atomic mass is 79.9. The SMILES string of the molecule is C[C@H]1Cc2cc(Br)ccc2N1C(=O)CN(Cc1ccc(Cl)cc1)S(C)(=O)=O. The van der Waals surface area contributed by atoms with Gasteiger partial charge in [-0.15, -0.1) is 0 Å². The minimum absolute atomic E-state index is 0.0151. The molecule has 0 saturated carbocycles. The van der Waals surface area contributed by atoms with Crippen LogP contribution in [0.2, 0.25) is 5.02 Å². The van der Waals surface area contributed by atoms with Gasteiger partial charge < -0.3 is 4.90 Å². The molecule has 0 bridgehead atoms. The van der Waals surface area contributed by atoms with E-state index in [1.54, 1.807) is 29.2 Å². The van der Waals surface area contributed by atoms with Gasteiger partial charge in [-0.3, -0.25) is 4.79 Å². The molecule has 5 nitrogen and oxygen atoms in total. The topological polar surface area (TPSA) is 57.7 Å². The molecular weight excluding hydrogens is 452 g/mol. The number of sulfonamides is 1. The minimum atomic E-state index is -3.55. The summed E-state index contributed by atoms with van der Waals surface area (Å²) in [5.74, 6) is -0.233. The molecule has 0 fully saturated rings. The number of fused-ring (bicyclic) bond motifs is 1. The zero-order chi connectivity index (χ0) is 19.8. The molecule has 8 heteroatoms. The van der Waals surface area contributed by atoms with Crippen LogP contribution in [0.5, 0.6) is 0 Å². The Morgan fingerprint density at radius 2 is 1.93 bits per heavy atom. The fraction of sp³-hybridized carbons (Fsp3) is 0.316. The largest absolute Gasteiger partial charge is 0.308 e. The molecule has 1 aliphatic heterocycles. The van der Waals surface area contributed by atoms with Crippen LogP contribution in [0, 0.1) is 0 Å². The normalized spacial score (nSPS) is 16.6. The lowest BCUT2D eigenvalue weighted by atomic mass is 10.1. The monoisotopic (exact) mass is 470 g/mol. The number of rotatable bonds is 5. The Morgan fingerprint density at radius 1 is 1.26 bits per heavy atom. The van der Waals surface area contributed by atoms with E-state index in [-0.39, 0.29) is 25.0 Å². The summed E-state index contributed by atoms with van der Waals surface area (Å²) in [6.45, 7) is 1.88. The highest BCUT2D eigenvalue weighted by molar-refractivity contribution is 9.10. The molecule has 27 heavy (non-hydrogen) atoms. The van der Waals surface area contributed by atoms with Gasteiger partial charge in [0, 0.05) is 27.8 Å². The quantitative estimate of drug-likeness (QED) is 0.666. The maximum Gasteiger partial charge on any atom is 0.242 e. The van der Waals surface area contributed by atoms with Crippen LogP contribution in [0.3, 0.4) is 0 Å². The van der Waals surface area contributed by atoms with E-state index in [0.717, 1.165) is 34.0 Å². The van der Waals surface area contributed by atoms with Crippen LogP contribution in [-0.4, -0.2) is 37.5 Å². The van der Waals surface area contributed by atoms with Crippen molar-refractivity contribution < 1.29 is 13.2 Å². The second-order valence-electron chi connectivity index (χ2n) is 6.75. The lowest BCUT2D eigenvalue weighted by molar-refractivity contribution is -0.119. The van der Waals surface area contributed by atoms with Crippen LogP contribution < -0.4 is 4.90 Å². The highest BCUT2D eigenvalue weighted by Crippen LogP contribution is 2.34. The first-order valence-electron chi connectivity index (χ1n) is 8.45. The summed E-state index contributed by atoms with van der Waals surface area (Å²) >= 11 is 9.34. The summed E-state index contributed by atoms with van der Waals surface area (Å²) in [5.41, 5.74) is 2.70. The molecule has 1 atom stereocenters. The fourth-order valence-electron chi connectivity index (χ4n) is 3.29. The molecule has 0 spiro atoms. The van der Waals surface area contributed by atoms with Gasteiger partial charge >= 0.3 is 0 Å². The van der Waals surface area contributed by atoms with Gasteiger partial charge in [-0.05, 0) is 54.8 Å². The number of benzene rings is 2. The van der Waals surface area contributed by atoms with Crippen LogP contribution >= 0.6 is 27.5 Å². The van der Waals surface area contributed by atoms with Gasteiger partial charge in [-0.2, -0.15) is 4.31 Å². The smallest absolute Gasteiger partial charge is 0.242 e. The van der Waals surface area contributed by atoms with Crippen LogP contribution in [-0.2, 0) is 27.8 Å². The first kappa shape index (κ1) is 20.3. The van der Waals surface area contributed by atoms with Crippen molar-refractivity contribution in [3.8, 4) is 0 Å². The molecule has 144 valence electrons. The molecule has 2 aromatic carbocycles. The van der Waals surface area contributed by atoms with E-state index in [1.807, 2.05) is 25.1 Å². The van der Waals surface area contributed by atoms with Crippen molar-refractivity contribution in [2.45, 2.75) is 25.9 Å². The van der Waals surface area contributed by atoms with Gasteiger partial charge in [0.05, 0.1) is 12.8 Å². The van der Waals surface area contributed by atoms with Crippen LogP contribution in [0.4, 0.5) is 5.69 Å². The van der Waals surface area contributed by atoms with Crippen molar-refractivity contribution in [1.82, 2.24) is 4.31 Å². The third-order valence-electron chi connectivity index (χ3n) is 4.58. The van der Waals surface area contributed by atoms with E-state index < -0.39 is 10.0 Å². The number of hydrogen-bond donors (Lipinski definition) is 0. The zero-order valence-corrected chi connectivity index (χ0v) is 18.2. The molecule has 1 aliphatic rings. The molecule has 1 heterocycles. The maximum atomic E-state index is 13.0. The average molecular weight is 472 g/mol. The number of nitrogens with zero attached hydrogens (tertiary/aromatic N) is 2. The number of anilines is 1. The Morgan fingerprint density at radius 3 is 2.56 bits per heavy atom. The number of hydrogen-bond acceptors (Lipinski definition) is 3. The molecule has 1 amide bonds. The second kappa shape index (κ2) is 7.91. The molecular formula is C19H20BrClN2O3S. The van der Waals surface area contributed by atoms with Crippen molar-refractivity contribution in [2.24, 2.45) is 0 Å². The van der Waals surface area contributed by atoms with Gasteiger partial charge in [0.15, 0.2) is 0 Å². The highest BCUT2D eigenvalue weighted by Gasteiger charge is 2.33. The van der Waals surface area contributed by atoms with Crippen molar-refractivity contribution in [2.75, 3.05) is 17.7 Å². The third-order valence-corrected chi connectivity index (χ3v) is 6.52. The van der Waals surface area contributed by atoms with Crippen LogP contribution in [0.25, 0.3) is 0 Å². The summed E-state index contributed by atoms with van der Waals surface area (Å²) < 4.78 is 26.7. The molecule has 0 N–H and O–H groups in total. The van der Waals surface area contributed by atoms with Crippen LogP contribution in [0.1, 0.15) is 18.1 Å². The van der Waals surface area contributed by atoms with Gasteiger partial charge in [0.2, 0.25) is 15.9 Å². The predicted octanol–water partition coefficient (Wildman–Crippen LogP) is 3.84. The lowest BCUT2D eigenvalue weighted by Crippen LogP contribution is -2.44. The number of amides is 1. The van der Waals surface area contributed by atoms with Crippen molar-refractivity contribution >= 4 is 49.1 Å². The standard InChI is InChI=1S/C19H20BrClN2O3S/c1-13-9-15-10-16(20)5-8-18(15)23(13)19(24)12-22(27(2,25)26)11-14-3-6-17(21)7-4-14/h3-8,10,13H,9,11-12H2,1-2H3/t13-/m0/s1.